The predicted molar refractivity (Wildman–Crippen MR) is 77.2 cm³/mol. The van der Waals surface area contributed by atoms with Gasteiger partial charge in [0.15, 0.2) is 0 Å². The maximum absolute atomic E-state index is 10.9. The smallest absolute Gasteiger partial charge is 0.231 e. The van der Waals surface area contributed by atoms with E-state index in [1.807, 2.05) is 6.20 Å². The molecule has 0 aliphatic carbocycles. The van der Waals surface area contributed by atoms with Crippen LogP contribution in [0, 0.1) is 0 Å². The van der Waals surface area contributed by atoms with E-state index >= 15 is 0 Å². The Morgan fingerprint density at radius 3 is 2.90 bits per heavy atom. The quantitative estimate of drug-likeness (QED) is 0.550. The van der Waals surface area contributed by atoms with Crippen LogP contribution in [-0.4, -0.2) is 63.2 Å². The van der Waals surface area contributed by atoms with E-state index in [-0.39, 0.29) is 12.5 Å². The molecule has 0 bridgehead atoms. The van der Waals surface area contributed by atoms with Crippen molar-refractivity contribution >= 4 is 5.91 Å². The summed E-state index contributed by atoms with van der Waals surface area (Å²) in [7, 11) is 0. The monoisotopic (exact) mass is 296 g/mol. The number of nitrogens with two attached hydrogens (primary N) is 1. The second-order valence-electron chi connectivity index (χ2n) is 5.45. The Labute approximate surface area is 124 Å². The number of amides is 1. The first-order chi connectivity index (χ1) is 10.2. The van der Waals surface area contributed by atoms with Gasteiger partial charge in [0.2, 0.25) is 5.91 Å². The summed E-state index contributed by atoms with van der Waals surface area (Å²) in [5.74, 6) is -0.263. The number of piperidine rings is 1. The lowest BCUT2D eigenvalue weighted by atomic mass is 10.1. The van der Waals surface area contributed by atoms with Gasteiger partial charge in [-0.3, -0.25) is 14.4 Å². The summed E-state index contributed by atoms with van der Waals surface area (Å²) in [6, 6.07) is 0.441. The molecule has 1 aliphatic heterocycles. The van der Waals surface area contributed by atoms with Crippen molar-refractivity contribution < 1.29 is 9.90 Å². The number of aryl methyl sites for hydroxylation is 1. The van der Waals surface area contributed by atoms with Crippen LogP contribution in [0.15, 0.2) is 6.20 Å². The summed E-state index contributed by atoms with van der Waals surface area (Å²) in [5.41, 5.74) is 6.11. The molecule has 2 heterocycles. The number of nitrogens with one attached hydrogen (secondary N) is 1. The minimum absolute atomic E-state index is 0.164. The van der Waals surface area contributed by atoms with Crippen molar-refractivity contribution in [1.82, 2.24) is 25.2 Å². The Kier molecular flexibility index (Phi) is 6.09. The summed E-state index contributed by atoms with van der Waals surface area (Å²) < 4.78 is 1.75. The minimum atomic E-state index is -0.263. The number of hydrogen-bond acceptors (Lipinski definition) is 6. The highest BCUT2D eigenvalue weighted by Crippen LogP contribution is 2.10. The zero-order valence-electron chi connectivity index (χ0n) is 12.2. The fraction of sp³-hybridized carbons (Fsp3) is 0.769. The molecule has 1 fully saturated rings. The molecule has 0 aromatic carbocycles. The van der Waals surface area contributed by atoms with Crippen LogP contribution in [0.5, 0.6) is 0 Å². The van der Waals surface area contributed by atoms with Gasteiger partial charge in [0.1, 0.15) is 0 Å². The first-order valence-corrected chi connectivity index (χ1v) is 7.41. The van der Waals surface area contributed by atoms with Gasteiger partial charge in [-0.1, -0.05) is 5.21 Å². The van der Waals surface area contributed by atoms with Crippen molar-refractivity contribution in [3.05, 3.63) is 11.9 Å². The number of carbonyl (C=O) groups is 1. The lowest BCUT2D eigenvalue weighted by Gasteiger charge is -2.31. The van der Waals surface area contributed by atoms with Crippen molar-refractivity contribution in [2.45, 2.75) is 38.4 Å². The SMILES string of the molecule is NC(=O)CN1CCC(NCc2cn(CCCO)nn2)CC1. The molecule has 0 atom stereocenters. The average molecular weight is 296 g/mol. The molecule has 0 unspecified atom stereocenters. The Morgan fingerprint density at radius 1 is 1.48 bits per heavy atom. The standard InChI is InChI=1S/C13H24N6O2/c14-13(21)10-18-5-2-11(3-6-18)15-8-12-9-19(17-16-12)4-1-7-20/h9,11,15,20H,1-8,10H2,(H2,14,21). The van der Waals surface area contributed by atoms with Gasteiger partial charge in [-0.15, -0.1) is 5.10 Å². The van der Waals surface area contributed by atoms with Crippen molar-refractivity contribution in [1.29, 1.82) is 0 Å². The maximum Gasteiger partial charge on any atom is 0.231 e. The average Bonchev–Trinajstić information content (AvgIpc) is 2.92. The van der Waals surface area contributed by atoms with Gasteiger partial charge in [0.05, 0.1) is 12.2 Å². The summed E-state index contributed by atoms with van der Waals surface area (Å²) in [6.07, 6.45) is 4.61. The topological polar surface area (TPSA) is 109 Å². The van der Waals surface area contributed by atoms with Gasteiger partial charge in [-0.25, -0.2) is 0 Å². The molecule has 21 heavy (non-hydrogen) atoms. The van der Waals surface area contributed by atoms with Crippen LogP contribution in [0.4, 0.5) is 0 Å². The van der Waals surface area contributed by atoms with Crippen LogP contribution in [0.25, 0.3) is 0 Å². The first-order valence-electron chi connectivity index (χ1n) is 7.41. The van der Waals surface area contributed by atoms with Gasteiger partial charge >= 0.3 is 0 Å². The van der Waals surface area contributed by atoms with Gasteiger partial charge < -0.3 is 16.2 Å². The molecule has 0 saturated carbocycles. The van der Waals surface area contributed by atoms with Gasteiger partial charge in [0, 0.05) is 45.0 Å². The molecule has 1 aromatic rings. The van der Waals surface area contributed by atoms with Crippen molar-refractivity contribution in [2.75, 3.05) is 26.2 Å². The molecule has 1 aromatic heterocycles. The number of hydrogen-bond donors (Lipinski definition) is 3. The minimum Gasteiger partial charge on any atom is -0.396 e. The second-order valence-corrected chi connectivity index (χ2v) is 5.45. The number of aliphatic hydroxyl groups is 1. The van der Waals surface area contributed by atoms with Crippen molar-refractivity contribution in [3.63, 3.8) is 0 Å². The predicted octanol–water partition coefficient (Wildman–Crippen LogP) is -1.30. The van der Waals surface area contributed by atoms with Crippen LogP contribution in [-0.2, 0) is 17.9 Å². The van der Waals surface area contributed by atoms with Crippen molar-refractivity contribution in [2.24, 2.45) is 5.73 Å². The lowest BCUT2D eigenvalue weighted by Crippen LogP contribution is -2.45. The highest BCUT2D eigenvalue weighted by molar-refractivity contribution is 5.75. The third-order valence-corrected chi connectivity index (χ3v) is 3.67. The molecule has 0 spiro atoms. The van der Waals surface area contributed by atoms with E-state index in [0.29, 0.717) is 32.1 Å². The van der Waals surface area contributed by atoms with Crippen LogP contribution in [0.2, 0.25) is 0 Å². The zero-order chi connectivity index (χ0) is 15.1. The van der Waals surface area contributed by atoms with Gasteiger partial charge in [-0.2, -0.15) is 0 Å². The number of aliphatic hydroxyl groups excluding tert-OH is 1. The molecule has 2 rings (SSSR count). The molecule has 8 heteroatoms. The molecular formula is C13H24N6O2. The maximum atomic E-state index is 10.9. The van der Waals surface area contributed by atoms with E-state index in [2.05, 4.69) is 20.5 Å². The molecular weight excluding hydrogens is 272 g/mol. The molecule has 0 radical (unpaired) electrons. The van der Waals surface area contributed by atoms with E-state index in [4.69, 9.17) is 10.8 Å². The fourth-order valence-electron chi connectivity index (χ4n) is 2.53. The Bertz CT molecular complexity index is 442. The number of nitrogens with zero attached hydrogens (tertiary/aromatic N) is 4. The van der Waals surface area contributed by atoms with E-state index in [0.717, 1.165) is 31.6 Å². The summed E-state index contributed by atoms with van der Waals surface area (Å²) >= 11 is 0. The largest absolute Gasteiger partial charge is 0.396 e. The van der Waals surface area contributed by atoms with Gasteiger partial charge in [-0.05, 0) is 19.3 Å². The first kappa shape index (κ1) is 15.9. The molecule has 4 N–H and O–H groups in total. The molecule has 8 nitrogen and oxygen atoms in total. The molecule has 118 valence electrons. The number of aromatic nitrogens is 3. The third kappa shape index (κ3) is 5.41. The van der Waals surface area contributed by atoms with Crippen LogP contribution < -0.4 is 11.1 Å². The van der Waals surface area contributed by atoms with E-state index in [9.17, 15) is 4.79 Å². The number of likely N-dealkylation sites (tertiary alicyclic amines) is 1. The number of carbonyl (C=O) groups excluding carboxylic acids is 1. The highest BCUT2D eigenvalue weighted by atomic mass is 16.3. The Morgan fingerprint density at radius 2 is 2.24 bits per heavy atom. The number of rotatable bonds is 8. The third-order valence-electron chi connectivity index (χ3n) is 3.67. The van der Waals surface area contributed by atoms with E-state index in [1.54, 1.807) is 4.68 Å². The van der Waals surface area contributed by atoms with E-state index < -0.39 is 0 Å². The molecule has 1 amide bonds. The van der Waals surface area contributed by atoms with E-state index in [1.165, 1.54) is 0 Å². The fourth-order valence-corrected chi connectivity index (χ4v) is 2.53. The van der Waals surface area contributed by atoms with Crippen LogP contribution >= 0.6 is 0 Å². The van der Waals surface area contributed by atoms with Crippen LogP contribution in [0.3, 0.4) is 0 Å². The summed E-state index contributed by atoms with van der Waals surface area (Å²) in [6.45, 7) is 3.69. The Balaban J connectivity index is 1.67. The summed E-state index contributed by atoms with van der Waals surface area (Å²) in [4.78, 5) is 13.0. The lowest BCUT2D eigenvalue weighted by molar-refractivity contribution is -0.119. The Hall–Kier alpha value is -1.51. The zero-order valence-corrected chi connectivity index (χ0v) is 12.2. The second kappa shape index (κ2) is 8.06. The molecule has 1 saturated heterocycles. The van der Waals surface area contributed by atoms with Crippen molar-refractivity contribution in [3.8, 4) is 0 Å². The van der Waals surface area contributed by atoms with Gasteiger partial charge in [0.25, 0.3) is 0 Å². The molecule has 1 aliphatic rings. The number of primary amides is 1. The van der Waals surface area contributed by atoms with Crippen LogP contribution in [0.1, 0.15) is 25.0 Å². The normalized spacial score (nSPS) is 17.2. The highest BCUT2D eigenvalue weighted by Gasteiger charge is 2.19. The summed E-state index contributed by atoms with van der Waals surface area (Å²) in [5, 5.41) is 20.4.